The van der Waals surface area contributed by atoms with Crippen LogP contribution < -0.4 is 0 Å². The topological polar surface area (TPSA) is 46.4 Å². The average molecular weight is 315 g/mol. The maximum atomic E-state index is 5.15. The van der Waals surface area contributed by atoms with E-state index in [0.29, 0.717) is 0 Å². The minimum Gasteiger partial charge on any atom is -0.383 e. The van der Waals surface area contributed by atoms with Crippen molar-refractivity contribution in [3.05, 3.63) is 47.8 Å². The first-order valence-corrected chi connectivity index (χ1v) is 8.20. The molecule has 1 fully saturated rings. The highest BCUT2D eigenvalue weighted by molar-refractivity contribution is 5.15. The molecule has 1 aliphatic heterocycles. The second-order valence-corrected chi connectivity index (χ2v) is 5.98. The smallest absolute Gasteiger partial charge is 0.0738 e. The molecule has 23 heavy (non-hydrogen) atoms. The van der Waals surface area contributed by atoms with E-state index in [1.165, 1.54) is 11.3 Å². The number of hydrogen-bond acceptors (Lipinski definition) is 5. The predicted molar refractivity (Wildman–Crippen MR) is 89.2 cm³/mol. The molecule has 1 aromatic heterocycles. The van der Waals surface area contributed by atoms with Gasteiger partial charge in [-0.15, -0.1) is 5.10 Å². The van der Waals surface area contributed by atoms with Gasteiger partial charge in [0.25, 0.3) is 0 Å². The fourth-order valence-corrected chi connectivity index (χ4v) is 2.91. The van der Waals surface area contributed by atoms with Crippen LogP contribution in [0.15, 0.2) is 36.5 Å². The van der Waals surface area contributed by atoms with Crippen molar-refractivity contribution in [2.24, 2.45) is 0 Å². The number of piperazine rings is 1. The van der Waals surface area contributed by atoms with Crippen LogP contribution in [0.3, 0.4) is 0 Å². The lowest BCUT2D eigenvalue weighted by molar-refractivity contribution is 0.0926. The maximum absolute atomic E-state index is 5.15. The van der Waals surface area contributed by atoms with Crippen molar-refractivity contribution in [2.45, 2.75) is 13.1 Å². The molecular formula is C17H25N5O. The Hall–Kier alpha value is -1.76. The van der Waals surface area contributed by atoms with E-state index in [9.17, 15) is 0 Å². The van der Waals surface area contributed by atoms with Crippen molar-refractivity contribution in [1.82, 2.24) is 24.8 Å². The highest BCUT2D eigenvalue weighted by atomic mass is 16.5. The molecule has 1 aliphatic rings. The van der Waals surface area contributed by atoms with Gasteiger partial charge in [-0.3, -0.25) is 9.80 Å². The van der Waals surface area contributed by atoms with E-state index in [-0.39, 0.29) is 0 Å². The fraction of sp³-hybridized carbons (Fsp3) is 0.529. The molecule has 1 aromatic carbocycles. The summed E-state index contributed by atoms with van der Waals surface area (Å²) in [5.41, 5.74) is 2.43. The third-order valence-corrected chi connectivity index (χ3v) is 4.34. The average Bonchev–Trinajstić information content (AvgIpc) is 3.02. The molecule has 0 N–H and O–H groups in total. The summed E-state index contributed by atoms with van der Waals surface area (Å²) >= 11 is 0. The van der Waals surface area contributed by atoms with Gasteiger partial charge in [0.15, 0.2) is 0 Å². The molecule has 0 unspecified atom stereocenters. The van der Waals surface area contributed by atoms with Gasteiger partial charge in [-0.2, -0.15) is 0 Å². The summed E-state index contributed by atoms with van der Waals surface area (Å²) in [4.78, 5) is 4.93. The van der Waals surface area contributed by atoms with E-state index in [1.807, 2.05) is 16.9 Å². The third kappa shape index (κ3) is 4.60. The van der Waals surface area contributed by atoms with Gasteiger partial charge < -0.3 is 4.74 Å². The minimum absolute atomic E-state index is 0.782. The summed E-state index contributed by atoms with van der Waals surface area (Å²) < 4.78 is 7.16. The van der Waals surface area contributed by atoms with E-state index < -0.39 is 0 Å². The molecule has 1 saturated heterocycles. The Bertz CT molecular complexity index is 578. The molecule has 0 saturated carbocycles. The van der Waals surface area contributed by atoms with Gasteiger partial charge in [0.05, 0.1) is 25.0 Å². The van der Waals surface area contributed by atoms with Crippen molar-refractivity contribution in [3.8, 4) is 0 Å². The number of ether oxygens (including phenoxy) is 1. The Labute approximate surface area is 137 Å². The number of rotatable bonds is 7. The molecule has 2 aromatic rings. The first kappa shape index (κ1) is 16.1. The Morgan fingerprint density at radius 1 is 1.00 bits per heavy atom. The van der Waals surface area contributed by atoms with Gasteiger partial charge in [-0.05, 0) is 5.56 Å². The van der Waals surface area contributed by atoms with Crippen LogP contribution in [0.1, 0.15) is 11.3 Å². The molecule has 0 bridgehead atoms. The van der Waals surface area contributed by atoms with Crippen LogP contribution in [0.25, 0.3) is 0 Å². The van der Waals surface area contributed by atoms with E-state index >= 15 is 0 Å². The van der Waals surface area contributed by atoms with E-state index in [4.69, 9.17) is 4.74 Å². The lowest BCUT2D eigenvalue weighted by atomic mass is 10.2. The lowest BCUT2D eigenvalue weighted by Crippen LogP contribution is -2.47. The van der Waals surface area contributed by atoms with E-state index in [0.717, 1.165) is 52.4 Å². The van der Waals surface area contributed by atoms with E-state index in [2.05, 4.69) is 44.4 Å². The Morgan fingerprint density at radius 3 is 2.48 bits per heavy atom. The quantitative estimate of drug-likeness (QED) is 0.765. The third-order valence-electron chi connectivity index (χ3n) is 4.34. The largest absolute Gasteiger partial charge is 0.383 e. The summed E-state index contributed by atoms with van der Waals surface area (Å²) in [5, 5.41) is 8.34. The number of benzene rings is 1. The molecule has 0 radical (unpaired) electrons. The lowest BCUT2D eigenvalue weighted by Gasteiger charge is -2.34. The van der Waals surface area contributed by atoms with Crippen LogP contribution in [0.4, 0.5) is 0 Å². The molecule has 6 nitrogen and oxygen atoms in total. The van der Waals surface area contributed by atoms with Crippen molar-refractivity contribution >= 4 is 0 Å². The van der Waals surface area contributed by atoms with Crippen molar-refractivity contribution in [2.75, 3.05) is 46.4 Å². The standard InChI is InChI=1S/C17H25N5O/c1-23-12-11-20-7-9-21(10-8-20)15-17-13-18-19-22(17)14-16-5-3-2-4-6-16/h2-6,13H,7-12,14-15H2,1H3. The van der Waals surface area contributed by atoms with Gasteiger partial charge in [-0.1, -0.05) is 35.5 Å². The van der Waals surface area contributed by atoms with Gasteiger partial charge >= 0.3 is 0 Å². The molecule has 0 atom stereocenters. The summed E-state index contributed by atoms with van der Waals surface area (Å²) in [6.45, 7) is 7.90. The van der Waals surface area contributed by atoms with Crippen LogP contribution in [0, 0.1) is 0 Å². The van der Waals surface area contributed by atoms with Crippen LogP contribution in [-0.2, 0) is 17.8 Å². The molecule has 3 rings (SSSR count). The summed E-state index contributed by atoms with van der Waals surface area (Å²) in [6, 6.07) is 10.4. The van der Waals surface area contributed by atoms with Gasteiger partial charge in [0, 0.05) is 46.4 Å². The zero-order chi connectivity index (χ0) is 15.9. The summed E-state index contributed by atoms with van der Waals surface area (Å²) in [6.07, 6.45) is 1.89. The van der Waals surface area contributed by atoms with Gasteiger partial charge in [-0.25, -0.2) is 4.68 Å². The maximum Gasteiger partial charge on any atom is 0.0738 e. The van der Waals surface area contributed by atoms with Gasteiger partial charge in [0.2, 0.25) is 0 Å². The summed E-state index contributed by atoms with van der Waals surface area (Å²) in [5.74, 6) is 0. The minimum atomic E-state index is 0.782. The number of methoxy groups -OCH3 is 1. The first-order valence-electron chi connectivity index (χ1n) is 8.20. The molecule has 124 valence electrons. The second kappa shape index (κ2) is 8.19. The molecule has 0 amide bonds. The molecule has 0 aliphatic carbocycles. The fourth-order valence-electron chi connectivity index (χ4n) is 2.91. The zero-order valence-corrected chi connectivity index (χ0v) is 13.8. The zero-order valence-electron chi connectivity index (χ0n) is 13.8. The molecule has 0 spiro atoms. The number of nitrogens with zero attached hydrogens (tertiary/aromatic N) is 5. The van der Waals surface area contributed by atoms with Crippen LogP contribution in [-0.4, -0.2) is 71.2 Å². The van der Waals surface area contributed by atoms with Crippen molar-refractivity contribution in [1.29, 1.82) is 0 Å². The Morgan fingerprint density at radius 2 is 1.74 bits per heavy atom. The Kier molecular flexibility index (Phi) is 5.74. The number of hydrogen-bond donors (Lipinski definition) is 0. The first-order chi connectivity index (χ1) is 11.3. The van der Waals surface area contributed by atoms with Crippen LogP contribution in [0.2, 0.25) is 0 Å². The van der Waals surface area contributed by atoms with Crippen LogP contribution in [0.5, 0.6) is 0 Å². The normalized spacial score (nSPS) is 16.7. The molecule has 6 heteroatoms. The van der Waals surface area contributed by atoms with Crippen LogP contribution >= 0.6 is 0 Å². The number of aromatic nitrogens is 3. The predicted octanol–water partition coefficient (Wildman–Crippen LogP) is 1.09. The summed E-state index contributed by atoms with van der Waals surface area (Å²) in [7, 11) is 1.76. The Balaban J connectivity index is 1.52. The van der Waals surface area contributed by atoms with Crippen molar-refractivity contribution in [3.63, 3.8) is 0 Å². The van der Waals surface area contributed by atoms with E-state index in [1.54, 1.807) is 7.11 Å². The van der Waals surface area contributed by atoms with Gasteiger partial charge in [0.1, 0.15) is 0 Å². The second-order valence-electron chi connectivity index (χ2n) is 5.98. The highest BCUT2D eigenvalue weighted by Crippen LogP contribution is 2.09. The monoisotopic (exact) mass is 315 g/mol. The van der Waals surface area contributed by atoms with Crippen molar-refractivity contribution < 1.29 is 4.74 Å². The highest BCUT2D eigenvalue weighted by Gasteiger charge is 2.18. The SMILES string of the molecule is COCCN1CCN(Cc2cnnn2Cc2ccccc2)CC1. The molecule has 2 heterocycles. The molecular weight excluding hydrogens is 290 g/mol.